The van der Waals surface area contributed by atoms with Crippen molar-refractivity contribution in [1.82, 2.24) is 0 Å². The average molecular weight is 194 g/mol. The molecule has 3 nitrogen and oxygen atoms in total. The molecule has 1 saturated heterocycles. The normalized spacial score (nSPS) is 48.1. The Morgan fingerprint density at radius 3 is 3.07 bits per heavy atom. The Labute approximate surface area is 83.1 Å². The predicted octanol–water partition coefficient (Wildman–Crippen LogP) is 1.14. The van der Waals surface area contributed by atoms with Gasteiger partial charge >= 0.3 is 5.97 Å². The molecule has 0 amide bonds. The van der Waals surface area contributed by atoms with Crippen LogP contribution in [0.5, 0.6) is 0 Å². The molecule has 3 fully saturated rings. The third kappa shape index (κ3) is 0.989. The summed E-state index contributed by atoms with van der Waals surface area (Å²) in [5.41, 5.74) is 0. The van der Waals surface area contributed by atoms with Crippen LogP contribution in [0.3, 0.4) is 0 Å². The van der Waals surface area contributed by atoms with Crippen molar-refractivity contribution in [2.24, 2.45) is 17.8 Å². The van der Waals surface area contributed by atoms with E-state index < -0.39 is 0 Å². The van der Waals surface area contributed by atoms with Crippen molar-refractivity contribution in [1.29, 1.82) is 0 Å². The summed E-state index contributed by atoms with van der Waals surface area (Å²) in [5.74, 6) is 1.63. The summed E-state index contributed by atoms with van der Waals surface area (Å²) in [6.07, 6.45) is 3.78. The van der Waals surface area contributed by atoms with Gasteiger partial charge in [0.05, 0.1) is 12.7 Å². The molecular weight excluding hydrogens is 180 g/mol. The van der Waals surface area contributed by atoms with E-state index in [-0.39, 0.29) is 18.2 Å². The maximum absolute atomic E-state index is 11.1. The monoisotopic (exact) mass is 194 g/mol. The van der Waals surface area contributed by atoms with Crippen molar-refractivity contribution in [3.05, 3.63) is 12.7 Å². The lowest BCUT2D eigenvalue weighted by molar-refractivity contribution is -0.151. The van der Waals surface area contributed by atoms with Gasteiger partial charge in [0.1, 0.15) is 6.10 Å². The number of hydrogen-bond acceptors (Lipinski definition) is 3. The molecule has 0 aromatic heterocycles. The summed E-state index contributed by atoms with van der Waals surface area (Å²) >= 11 is 0. The van der Waals surface area contributed by atoms with Crippen molar-refractivity contribution in [2.75, 3.05) is 6.61 Å². The molecule has 2 aliphatic carbocycles. The molecule has 76 valence electrons. The minimum Gasteiger partial charge on any atom is -0.456 e. The van der Waals surface area contributed by atoms with Crippen molar-refractivity contribution in [3.63, 3.8) is 0 Å². The minimum atomic E-state index is -0.311. The molecule has 3 aliphatic rings. The molecule has 3 rings (SSSR count). The van der Waals surface area contributed by atoms with E-state index in [0.29, 0.717) is 11.8 Å². The van der Waals surface area contributed by atoms with Crippen LogP contribution < -0.4 is 0 Å². The quantitative estimate of drug-likeness (QED) is 0.488. The number of ether oxygens (including phenoxy) is 2. The van der Waals surface area contributed by atoms with Crippen LogP contribution in [0.25, 0.3) is 0 Å². The Bertz CT molecular complexity index is 284. The van der Waals surface area contributed by atoms with Crippen LogP contribution in [-0.2, 0) is 14.3 Å². The maximum atomic E-state index is 11.1. The van der Waals surface area contributed by atoms with Gasteiger partial charge in [0.25, 0.3) is 0 Å². The largest absolute Gasteiger partial charge is 0.456 e. The molecule has 14 heavy (non-hydrogen) atoms. The summed E-state index contributed by atoms with van der Waals surface area (Å²) < 4.78 is 11.0. The first-order chi connectivity index (χ1) is 6.79. The van der Waals surface area contributed by atoms with Crippen LogP contribution in [0.15, 0.2) is 12.7 Å². The Morgan fingerprint density at radius 2 is 2.29 bits per heavy atom. The van der Waals surface area contributed by atoms with Crippen molar-refractivity contribution >= 4 is 5.97 Å². The molecule has 1 heterocycles. The molecular formula is C11H14O3. The van der Waals surface area contributed by atoms with Crippen LogP contribution in [0.1, 0.15) is 12.8 Å². The zero-order valence-corrected chi connectivity index (χ0v) is 8.02. The van der Waals surface area contributed by atoms with Gasteiger partial charge in [-0.05, 0) is 30.6 Å². The van der Waals surface area contributed by atoms with Gasteiger partial charge in [0.2, 0.25) is 0 Å². The summed E-state index contributed by atoms with van der Waals surface area (Å²) in [7, 11) is 0. The van der Waals surface area contributed by atoms with Crippen LogP contribution in [0, 0.1) is 17.8 Å². The first-order valence-corrected chi connectivity index (χ1v) is 5.24. The highest BCUT2D eigenvalue weighted by Gasteiger charge is 2.58. The topological polar surface area (TPSA) is 35.5 Å². The second-order valence-electron chi connectivity index (χ2n) is 4.56. The summed E-state index contributed by atoms with van der Waals surface area (Å²) in [4.78, 5) is 11.1. The lowest BCUT2D eigenvalue weighted by Crippen LogP contribution is -2.35. The first kappa shape index (κ1) is 8.48. The number of carbonyl (C=O) groups excluding carboxylic acids is 1. The molecule has 0 N–H and O–H groups in total. The number of rotatable bonds is 2. The Kier molecular flexibility index (Phi) is 1.71. The number of esters is 1. The highest BCUT2D eigenvalue weighted by atomic mass is 16.6. The van der Waals surface area contributed by atoms with Gasteiger partial charge in [0.15, 0.2) is 0 Å². The minimum absolute atomic E-state index is 0.00394. The summed E-state index contributed by atoms with van der Waals surface area (Å²) in [5, 5.41) is 0. The van der Waals surface area contributed by atoms with Crippen LogP contribution in [-0.4, -0.2) is 24.8 Å². The summed E-state index contributed by atoms with van der Waals surface area (Å²) in [6, 6.07) is 0. The average Bonchev–Trinajstić information content (AvgIpc) is 2.76. The second-order valence-corrected chi connectivity index (χ2v) is 4.56. The predicted molar refractivity (Wildman–Crippen MR) is 49.5 cm³/mol. The molecule has 0 aromatic rings. The fraction of sp³-hybridized carbons (Fsp3) is 0.727. The third-order valence-corrected chi connectivity index (χ3v) is 3.92. The molecule has 1 aliphatic heterocycles. The van der Waals surface area contributed by atoms with Gasteiger partial charge in [-0.2, -0.15) is 0 Å². The molecule has 3 heteroatoms. The van der Waals surface area contributed by atoms with E-state index in [1.54, 1.807) is 0 Å². The molecule has 2 saturated carbocycles. The molecule has 0 radical (unpaired) electrons. The zero-order valence-electron chi connectivity index (χ0n) is 8.02. The zero-order chi connectivity index (χ0) is 9.71. The Morgan fingerprint density at radius 1 is 1.43 bits per heavy atom. The Hall–Kier alpha value is -0.830. The van der Waals surface area contributed by atoms with E-state index in [1.165, 1.54) is 18.9 Å². The number of carbonyl (C=O) groups is 1. The SMILES string of the molecule is C=CC(=O)OC1C2CC3COC1C3C2. The smallest absolute Gasteiger partial charge is 0.330 e. The number of hydrogen-bond donors (Lipinski definition) is 0. The Balaban J connectivity index is 1.76. The standard InChI is InChI=1S/C11H14O3/c1-2-9(12)14-10-6-3-7-5-13-11(10)8(7)4-6/h2,6-8,10-11H,1,3-5H2. The van der Waals surface area contributed by atoms with Gasteiger partial charge in [-0.25, -0.2) is 4.79 Å². The van der Waals surface area contributed by atoms with Crippen LogP contribution >= 0.6 is 0 Å². The van der Waals surface area contributed by atoms with Crippen molar-refractivity contribution in [2.45, 2.75) is 25.0 Å². The van der Waals surface area contributed by atoms with E-state index in [2.05, 4.69) is 6.58 Å². The van der Waals surface area contributed by atoms with Crippen LogP contribution in [0.4, 0.5) is 0 Å². The van der Waals surface area contributed by atoms with E-state index in [9.17, 15) is 4.79 Å². The van der Waals surface area contributed by atoms with E-state index >= 15 is 0 Å². The van der Waals surface area contributed by atoms with Crippen molar-refractivity contribution in [3.8, 4) is 0 Å². The molecule has 0 aromatic carbocycles. The van der Waals surface area contributed by atoms with Crippen molar-refractivity contribution < 1.29 is 14.3 Å². The summed E-state index contributed by atoms with van der Waals surface area (Å²) in [6.45, 7) is 4.28. The van der Waals surface area contributed by atoms with Gasteiger partial charge in [-0.1, -0.05) is 6.58 Å². The third-order valence-electron chi connectivity index (χ3n) is 3.92. The fourth-order valence-corrected chi connectivity index (χ4v) is 3.37. The lowest BCUT2D eigenvalue weighted by Gasteiger charge is -2.25. The van der Waals surface area contributed by atoms with Gasteiger partial charge in [-0.3, -0.25) is 0 Å². The second kappa shape index (κ2) is 2.83. The first-order valence-electron chi connectivity index (χ1n) is 5.24. The molecule has 2 bridgehead atoms. The fourth-order valence-electron chi connectivity index (χ4n) is 3.37. The van der Waals surface area contributed by atoms with Gasteiger partial charge in [0, 0.05) is 6.08 Å². The van der Waals surface area contributed by atoms with Crippen LogP contribution in [0.2, 0.25) is 0 Å². The molecule has 5 unspecified atom stereocenters. The highest BCUT2D eigenvalue weighted by Crippen LogP contribution is 2.54. The van der Waals surface area contributed by atoms with E-state index in [1.807, 2.05) is 0 Å². The van der Waals surface area contributed by atoms with Gasteiger partial charge < -0.3 is 9.47 Å². The lowest BCUT2D eigenvalue weighted by atomic mass is 9.88. The molecule has 0 spiro atoms. The number of fused-ring (bicyclic) bond motifs is 1. The van der Waals surface area contributed by atoms with E-state index in [0.717, 1.165) is 12.5 Å². The molecule has 5 atom stereocenters. The maximum Gasteiger partial charge on any atom is 0.330 e. The highest BCUT2D eigenvalue weighted by molar-refractivity contribution is 5.81. The van der Waals surface area contributed by atoms with Gasteiger partial charge in [-0.15, -0.1) is 0 Å². The van der Waals surface area contributed by atoms with E-state index in [4.69, 9.17) is 9.47 Å².